The highest BCUT2D eigenvalue weighted by atomic mass is 79.9. The number of hydrogen-bond donors (Lipinski definition) is 2. The van der Waals surface area contributed by atoms with Gasteiger partial charge in [-0.1, -0.05) is 46.3 Å². The molecule has 3 rings (SSSR count). The van der Waals surface area contributed by atoms with Gasteiger partial charge in [-0.15, -0.1) is 0 Å². The van der Waals surface area contributed by atoms with Crippen molar-refractivity contribution in [3.05, 3.63) is 102 Å². The molecule has 0 spiro atoms. The number of nitrogens with one attached hydrogen (secondary N) is 1. The summed E-state index contributed by atoms with van der Waals surface area (Å²) in [4.78, 5) is 39.7. The van der Waals surface area contributed by atoms with E-state index in [-0.39, 0.29) is 23.6 Å². The first kappa shape index (κ1) is 24.9. The van der Waals surface area contributed by atoms with E-state index in [1.807, 2.05) is 0 Å². The molecular weight excluding hydrogens is 572 g/mol. The SMILES string of the molecule is O=C(N/N=C/c1cc(Br)cc(Br)c1O)C(Cc1ccc([N+](=O)[O-])cc1)=NC(=O)c1ccccc1. The van der Waals surface area contributed by atoms with Crippen molar-refractivity contribution < 1.29 is 19.6 Å². The molecule has 172 valence electrons. The van der Waals surface area contributed by atoms with Crippen LogP contribution in [0, 0.1) is 10.1 Å². The number of hydrogen-bond acceptors (Lipinski definition) is 6. The molecule has 3 aromatic carbocycles. The molecule has 11 heteroatoms. The summed E-state index contributed by atoms with van der Waals surface area (Å²) in [6.07, 6.45) is 1.18. The second kappa shape index (κ2) is 11.4. The fraction of sp³-hybridized carbons (Fsp3) is 0.0435. The van der Waals surface area contributed by atoms with Crippen molar-refractivity contribution in [2.45, 2.75) is 6.42 Å². The Morgan fingerprint density at radius 1 is 1.06 bits per heavy atom. The molecule has 3 aromatic rings. The zero-order chi connectivity index (χ0) is 24.7. The van der Waals surface area contributed by atoms with Crippen LogP contribution < -0.4 is 5.43 Å². The van der Waals surface area contributed by atoms with Crippen molar-refractivity contribution in [1.82, 2.24) is 5.43 Å². The molecule has 0 radical (unpaired) electrons. The first-order valence-corrected chi connectivity index (χ1v) is 11.2. The van der Waals surface area contributed by atoms with Crippen LogP contribution in [0.4, 0.5) is 5.69 Å². The molecule has 0 unspecified atom stereocenters. The molecule has 2 N–H and O–H groups in total. The molecular formula is C23H16Br2N4O5. The van der Waals surface area contributed by atoms with Gasteiger partial charge < -0.3 is 5.11 Å². The maximum absolute atomic E-state index is 12.8. The van der Waals surface area contributed by atoms with Crippen molar-refractivity contribution in [2.24, 2.45) is 10.1 Å². The molecule has 0 heterocycles. The highest BCUT2D eigenvalue weighted by molar-refractivity contribution is 9.11. The van der Waals surface area contributed by atoms with Crippen LogP contribution in [0.5, 0.6) is 5.75 Å². The third kappa shape index (κ3) is 6.65. The monoisotopic (exact) mass is 586 g/mol. The Morgan fingerprint density at radius 2 is 1.74 bits per heavy atom. The number of hydrazone groups is 1. The number of benzene rings is 3. The van der Waals surface area contributed by atoms with Gasteiger partial charge in [0.05, 0.1) is 15.6 Å². The number of phenols is 1. The summed E-state index contributed by atoms with van der Waals surface area (Å²) in [5, 5.41) is 24.8. The maximum atomic E-state index is 12.8. The molecule has 34 heavy (non-hydrogen) atoms. The fourth-order valence-electron chi connectivity index (χ4n) is 2.78. The van der Waals surface area contributed by atoms with E-state index in [2.05, 4.69) is 47.4 Å². The first-order valence-electron chi connectivity index (χ1n) is 9.66. The highest BCUT2D eigenvalue weighted by Crippen LogP contribution is 2.30. The number of nitro groups is 1. The van der Waals surface area contributed by atoms with Gasteiger partial charge in [-0.25, -0.2) is 10.4 Å². The zero-order valence-corrected chi connectivity index (χ0v) is 20.5. The Bertz CT molecular complexity index is 1290. The third-order valence-electron chi connectivity index (χ3n) is 4.47. The van der Waals surface area contributed by atoms with Crippen molar-refractivity contribution >= 4 is 61.3 Å². The van der Waals surface area contributed by atoms with Gasteiger partial charge in [-0.3, -0.25) is 19.7 Å². The Hall–Kier alpha value is -3.70. The lowest BCUT2D eigenvalue weighted by atomic mass is 10.1. The summed E-state index contributed by atoms with van der Waals surface area (Å²) >= 11 is 6.52. The molecule has 9 nitrogen and oxygen atoms in total. The van der Waals surface area contributed by atoms with E-state index in [0.29, 0.717) is 25.6 Å². The number of halogens is 2. The second-order valence-corrected chi connectivity index (χ2v) is 8.62. The summed E-state index contributed by atoms with van der Waals surface area (Å²) in [5.41, 5.74) is 3.23. The molecule has 0 atom stereocenters. The first-order chi connectivity index (χ1) is 16.2. The number of carbonyl (C=O) groups excluding carboxylic acids is 2. The van der Waals surface area contributed by atoms with Crippen LogP contribution in [0.15, 0.2) is 85.8 Å². The fourth-order valence-corrected chi connectivity index (χ4v) is 4.03. The summed E-state index contributed by atoms with van der Waals surface area (Å²) in [7, 11) is 0. The van der Waals surface area contributed by atoms with Gasteiger partial charge in [0.15, 0.2) is 0 Å². The average molecular weight is 588 g/mol. The van der Waals surface area contributed by atoms with E-state index < -0.39 is 16.7 Å². The summed E-state index contributed by atoms with van der Waals surface area (Å²) < 4.78 is 1.11. The lowest BCUT2D eigenvalue weighted by Gasteiger charge is -2.06. The zero-order valence-electron chi connectivity index (χ0n) is 17.3. The predicted molar refractivity (Wildman–Crippen MR) is 134 cm³/mol. The van der Waals surface area contributed by atoms with Crippen LogP contribution in [-0.4, -0.2) is 33.8 Å². The van der Waals surface area contributed by atoms with E-state index in [1.54, 1.807) is 42.5 Å². The van der Waals surface area contributed by atoms with Gasteiger partial charge in [0.1, 0.15) is 11.5 Å². The van der Waals surface area contributed by atoms with Crippen molar-refractivity contribution in [2.75, 3.05) is 0 Å². The minimum Gasteiger partial charge on any atom is -0.506 e. The predicted octanol–water partition coefficient (Wildman–Crippen LogP) is 4.80. The number of nitrogens with zero attached hydrogens (tertiary/aromatic N) is 3. The number of aliphatic imine (C=N–C) groups is 1. The molecule has 0 aliphatic rings. The molecule has 0 saturated heterocycles. The van der Waals surface area contributed by atoms with Gasteiger partial charge in [-0.2, -0.15) is 5.10 Å². The van der Waals surface area contributed by atoms with Crippen LogP contribution in [0.1, 0.15) is 21.5 Å². The Labute approximate surface area is 210 Å². The van der Waals surface area contributed by atoms with Crippen LogP contribution in [-0.2, 0) is 11.2 Å². The van der Waals surface area contributed by atoms with Crippen LogP contribution in [0.2, 0.25) is 0 Å². The van der Waals surface area contributed by atoms with Gasteiger partial charge in [-0.05, 0) is 45.8 Å². The molecule has 2 amide bonds. The van der Waals surface area contributed by atoms with Gasteiger partial charge in [0.25, 0.3) is 17.5 Å². The molecule has 0 aliphatic heterocycles. The average Bonchev–Trinajstić information content (AvgIpc) is 2.82. The number of phenolic OH excluding ortho intramolecular Hbond substituents is 1. The normalized spacial score (nSPS) is 11.4. The van der Waals surface area contributed by atoms with Crippen molar-refractivity contribution in [3.63, 3.8) is 0 Å². The Balaban J connectivity index is 1.85. The molecule has 0 fully saturated rings. The lowest BCUT2D eigenvalue weighted by Crippen LogP contribution is -2.29. The van der Waals surface area contributed by atoms with E-state index in [9.17, 15) is 24.8 Å². The number of aromatic hydroxyl groups is 1. The largest absolute Gasteiger partial charge is 0.506 e. The number of amides is 2. The molecule has 0 aliphatic carbocycles. The quantitative estimate of drug-likeness (QED) is 0.233. The van der Waals surface area contributed by atoms with Gasteiger partial charge in [0, 0.05) is 34.2 Å². The lowest BCUT2D eigenvalue weighted by molar-refractivity contribution is -0.384. The topological polar surface area (TPSA) is 134 Å². The van der Waals surface area contributed by atoms with Crippen LogP contribution in [0.3, 0.4) is 0 Å². The second-order valence-electron chi connectivity index (χ2n) is 6.85. The van der Waals surface area contributed by atoms with E-state index >= 15 is 0 Å². The van der Waals surface area contributed by atoms with Gasteiger partial charge in [0.2, 0.25) is 0 Å². The standard InChI is InChI=1S/C23H16Br2N4O5/c24-17-11-16(21(30)19(25)12-17)13-26-28-23(32)20(27-22(31)15-4-2-1-3-5-15)10-14-6-8-18(9-7-14)29(33)34/h1-9,11-13,30H,10H2,(H,28,32)/b26-13+,27-20?. The minimum absolute atomic E-state index is 0.0639. The van der Waals surface area contributed by atoms with E-state index in [4.69, 9.17) is 0 Å². The molecule has 0 aromatic heterocycles. The number of non-ortho nitro benzene ring substituents is 1. The molecule has 0 bridgehead atoms. The minimum atomic E-state index is -0.743. The van der Waals surface area contributed by atoms with Crippen LogP contribution >= 0.6 is 31.9 Å². The number of carbonyl (C=O) groups is 2. The summed E-state index contributed by atoms with van der Waals surface area (Å²) in [6.45, 7) is 0. The Kier molecular flexibility index (Phi) is 8.39. The summed E-state index contributed by atoms with van der Waals surface area (Å²) in [5.74, 6) is -1.43. The summed E-state index contributed by atoms with van der Waals surface area (Å²) in [6, 6.07) is 17.0. The maximum Gasteiger partial charge on any atom is 0.286 e. The highest BCUT2D eigenvalue weighted by Gasteiger charge is 2.16. The van der Waals surface area contributed by atoms with Crippen LogP contribution in [0.25, 0.3) is 0 Å². The third-order valence-corrected chi connectivity index (χ3v) is 5.53. The van der Waals surface area contributed by atoms with Crippen molar-refractivity contribution in [1.29, 1.82) is 0 Å². The molecule has 0 saturated carbocycles. The smallest absolute Gasteiger partial charge is 0.286 e. The Morgan fingerprint density at radius 3 is 2.38 bits per heavy atom. The van der Waals surface area contributed by atoms with Gasteiger partial charge >= 0.3 is 0 Å². The number of nitro benzene ring substituents is 1. The number of rotatable bonds is 7. The van der Waals surface area contributed by atoms with E-state index in [1.165, 1.54) is 30.5 Å². The van der Waals surface area contributed by atoms with Crippen molar-refractivity contribution in [3.8, 4) is 5.75 Å². The van der Waals surface area contributed by atoms with E-state index in [0.717, 1.165) is 0 Å².